The number of ether oxygens (including phenoxy) is 2. The molecule has 7 aromatic rings. The number of benzene rings is 2. The molecule has 0 saturated carbocycles. The Morgan fingerprint density at radius 3 is 2.19 bits per heavy atom. The number of primary amides is 2. The van der Waals surface area contributed by atoms with Crippen molar-refractivity contribution < 1.29 is 23.9 Å². The Bertz CT molecular complexity index is 2770. The number of methoxy groups -OCH3 is 1. The van der Waals surface area contributed by atoms with Gasteiger partial charge in [-0.25, -0.2) is 15.0 Å². The molecular weight excluding hydrogens is 755 g/mol. The van der Waals surface area contributed by atoms with Crippen molar-refractivity contribution >= 4 is 56.6 Å². The summed E-state index contributed by atoms with van der Waals surface area (Å²) in [6.45, 7) is 10.4. The summed E-state index contributed by atoms with van der Waals surface area (Å²) in [6.07, 6.45) is 6.33. The lowest BCUT2D eigenvalue weighted by molar-refractivity contribution is 0.0991. The van der Waals surface area contributed by atoms with E-state index >= 15 is 0 Å². The molecule has 0 aliphatic carbocycles. The summed E-state index contributed by atoms with van der Waals surface area (Å²) >= 11 is 0. The largest absolute Gasteiger partial charge is 0.495 e. The topological polar surface area (TPSA) is 230 Å². The number of amides is 3. The predicted octanol–water partition coefficient (Wildman–Crippen LogP) is 4.35. The Morgan fingerprint density at radius 1 is 0.814 bits per heavy atom. The number of carbonyl (C=O) groups excluding carboxylic acids is 3. The van der Waals surface area contributed by atoms with Gasteiger partial charge in [0.15, 0.2) is 5.82 Å². The maximum Gasteiger partial charge on any atom is 0.276 e. The first-order chi connectivity index (χ1) is 28.5. The molecule has 3 amide bonds. The molecule has 5 aromatic heterocycles. The molecule has 5 heterocycles. The van der Waals surface area contributed by atoms with Gasteiger partial charge in [0.25, 0.3) is 5.91 Å². The second-order valence-corrected chi connectivity index (χ2v) is 13.9. The number of hydrogen-bond acceptors (Lipinski definition) is 11. The molecular formula is C41H47N13O5. The van der Waals surface area contributed by atoms with Crippen LogP contribution in [0.4, 0.5) is 5.95 Å². The average molecular weight is 802 g/mol. The highest BCUT2D eigenvalue weighted by Gasteiger charge is 2.23. The van der Waals surface area contributed by atoms with Crippen LogP contribution in [-0.4, -0.2) is 88.7 Å². The fourth-order valence-electron chi connectivity index (χ4n) is 7.21. The summed E-state index contributed by atoms with van der Waals surface area (Å²) in [5.74, 6) is -0.0748. The zero-order valence-electron chi connectivity index (χ0n) is 33.9. The van der Waals surface area contributed by atoms with Gasteiger partial charge in [0.05, 0.1) is 36.1 Å². The van der Waals surface area contributed by atoms with E-state index in [-0.39, 0.29) is 23.6 Å². The van der Waals surface area contributed by atoms with Gasteiger partial charge < -0.3 is 35.4 Å². The smallest absolute Gasteiger partial charge is 0.276 e. The first-order valence-corrected chi connectivity index (χ1v) is 19.3. The maximum atomic E-state index is 13.8. The molecule has 0 radical (unpaired) electrons. The molecule has 0 aliphatic rings. The van der Waals surface area contributed by atoms with E-state index in [0.29, 0.717) is 94.3 Å². The minimum Gasteiger partial charge on any atom is -0.495 e. The first-order valence-electron chi connectivity index (χ1n) is 19.3. The lowest BCUT2D eigenvalue weighted by Gasteiger charge is -2.13. The van der Waals surface area contributed by atoms with Crippen molar-refractivity contribution in [3.8, 4) is 23.0 Å². The Balaban J connectivity index is 1.33. The molecule has 6 N–H and O–H groups in total. The van der Waals surface area contributed by atoms with Gasteiger partial charge in [-0.1, -0.05) is 12.2 Å². The highest BCUT2D eigenvalue weighted by molar-refractivity contribution is 6.12. The number of fused-ring (bicyclic) bond motifs is 4. The normalized spacial score (nSPS) is 11.7. The van der Waals surface area contributed by atoms with Crippen molar-refractivity contribution in [2.45, 2.75) is 60.3 Å². The Morgan fingerprint density at radius 2 is 1.49 bits per heavy atom. The quantitative estimate of drug-likeness (QED) is 0.0747. The number of imidazole rings is 1. The molecule has 7 rings (SSSR count). The van der Waals surface area contributed by atoms with Crippen LogP contribution in [0.5, 0.6) is 11.5 Å². The SMILES string of the molecule is CCn1nc(C)cc1C(=O)Nc1nc2cc(C(N)=O)cc(OCCCNC)c2n1C/C=C/Cn1c2nc(-c3cc(C)nn3CC)ncc2c2cc(C(N)=O)cc(OC)c21. The van der Waals surface area contributed by atoms with Crippen molar-refractivity contribution in [1.29, 1.82) is 0 Å². The number of aryl methyl sites for hydroxylation is 4. The Hall–Kier alpha value is -7.08. The number of carbonyl (C=O) groups is 3. The van der Waals surface area contributed by atoms with Gasteiger partial charge in [-0.05, 0) is 84.1 Å². The second kappa shape index (κ2) is 16.8. The summed E-state index contributed by atoms with van der Waals surface area (Å²) in [5.41, 5.74) is 16.9. The number of nitrogens with one attached hydrogen (secondary N) is 2. The molecule has 0 bridgehead atoms. The van der Waals surface area contributed by atoms with Gasteiger partial charge in [0.2, 0.25) is 17.8 Å². The minimum absolute atomic E-state index is 0.220. The van der Waals surface area contributed by atoms with E-state index in [2.05, 4.69) is 20.8 Å². The third-order valence-electron chi connectivity index (χ3n) is 9.92. The Labute approximate surface area is 339 Å². The van der Waals surface area contributed by atoms with E-state index < -0.39 is 17.7 Å². The third-order valence-corrected chi connectivity index (χ3v) is 9.92. The zero-order valence-corrected chi connectivity index (χ0v) is 33.9. The molecule has 0 spiro atoms. The number of rotatable bonds is 17. The predicted molar refractivity (Wildman–Crippen MR) is 224 cm³/mol. The monoisotopic (exact) mass is 801 g/mol. The van der Waals surface area contributed by atoms with E-state index in [1.165, 1.54) is 7.11 Å². The lowest BCUT2D eigenvalue weighted by atomic mass is 10.1. The Kier molecular flexibility index (Phi) is 11.4. The van der Waals surface area contributed by atoms with Crippen LogP contribution in [0.25, 0.3) is 44.5 Å². The van der Waals surface area contributed by atoms with Gasteiger partial charge in [0, 0.05) is 54.3 Å². The van der Waals surface area contributed by atoms with Crippen molar-refractivity contribution in [2.75, 3.05) is 32.6 Å². The van der Waals surface area contributed by atoms with Crippen molar-refractivity contribution in [2.24, 2.45) is 11.5 Å². The fraction of sp³-hybridized carbons (Fsp3) is 0.317. The second-order valence-electron chi connectivity index (χ2n) is 13.9. The number of nitrogens with two attached hydrogens (primary N) is 2. The van der Waals surface area contributed by atoms with Crippen LogP contribution in [0, 0.1) is 13.8 Å². The number of aromatic nitrogens is 9. The molecule has 0 aliphatic heterocycles. The minimum atomic E-state index is -0.639. The highest BCUT2D eigenvalue weighted by atomic mass is 16.5. The number of allylic oxidation sites excluding steroid dienone is 2. The van der Waals surface area contributed by atoms with E-state index in [1.807, 2.05) is 66.8 Å². The number of nitrogens with zero attached hydrogens (tertiary/aromatic N) is 9. The molecule has 306 valence electrons. The fourth-order valence-corrected chi connectivity index (χ4v) is 7.21. The average Bonchev–Trinajstić information content (AvgIpc) is 3.98. The molecule has 18 heteroatoms. The standard InChI is InChI=1S/C41H47N13O5/c1-7-53-30(16-23(3)49-53)38-45-22-28-27-18-25(36(42)55)20-32(58-6)34(27)51(39(28)47-38)13-9-10-14-52-35-29(19-26(37(43)56)21-33(35)59-15-11-12-44-5)46-41(52)48-40(57)31-17-24(4)50-54(31)8-2/h9-10,16-22,44H,7-8,11-15H2,1-6H3,(H2,42,55)(H2,43,56)(H,46,48,57)/b10-9+. The van der Waals surface area contributed by atoms with Crippen LogP contribution in [0.15, 0.2) is 54.7 Å². The van der Waals surface area contributed by atoms with E-state index in [0.717, 1.165) is 17.9 Å². The maximum absolute atomic E-state index is 13.8. The zero-order chi connectivity index (χ0) is 42.0. The third kappa shape index (κ3) is 7.81. The van der Waals surface area contributed by atoms with Gasteiger partial charge in [0.1, 0.15) is 34.1 Å². The van der Waals surface area contributed by atoms with Gasteiger partial charge in [-0.3, -0.25) is 29.1 Å². The van der Waals surface area contributed by atoms with Crippen LogP contribution in [0.3, 0.4) is 0 Å². The van der Waals surface area contributed by atoms with Crippen molar-refractivity contribution in [3.63, 3.8) is 0 Å². The highest BCUT2D eigenvalue weighted by Crippen LogP contribution is 2.37. The van der Waals surface area contributed by atoms with E-state index in [1.54, 1.807) is 41.2 Å². The summed E-state index contributed by atoms with van der Waals surface area (Å²) < 4.78 is 19.4. The number of hydrogen-bond donors (Lipinski definition) is 4. The number of anilines is 1. The summed E-state index contributed by atoms with van der Waals surface area (Å²) in [7, 11) is 3.39. The molecule has 0 unspecified atom stereocenters. The molecule has 18 nitrogen and oxygen atoms in total. The van der Waals surface area contributed by atoms with Crippen LogP contribution >= 0.6 is 0 Å². The van der Waals surface area contributed by atoms with Crippen LogP contribution in [-0.2, 0) is 26.2 Å². The van der Waals surface area contributed by atoms with Crippen LogP contribution in [0.1, 0.15) is 62.9 Å². The molecule has 2 aromatic carbocycles. The van der Waals surface area contributed by atoms with Crippen LogP contribution < -0.4 is 31.6 Å². The van der Waals surface area contributed by atoms with Gasteiger partial charge in [-0.2, -0.15) is 10.2 Å². The van der Waals surface area contributed by atoms with Crippen molar-refractivity contribution in [3.05, 3.63) is 83.0 Å². The van der Waals surface area contributed by atoms with E-state index in [9.17, 15) is 14.4 Å². The van der Waals surface area contributed by atoms with Gasteiger partial charge >= 0.3 is 0 Å². The summed E-state index contributed by atoms with van der Waals surface area (Å²) in [5, 5.41) is 16.5. The molecule has 0 fully saturated rings. The van der Waals surface area contributed by atoms with Crippen molar-refractivity contribution in [1.82, 2.24) is 49.0 Å². The first kappa shape index (κ1) is 40.1. The summed E-state index contributed by atoms with van der Waals surface area (Å²) in [4.78, 5) is 53.1. The molecule has 0 saturated heterocycles. The van der Waals surface area contributed by atoms with E-state index in [4.69, 9.17) is 35.9 Å². The molecule has 0 atom stereocenters. The van der Waals surface area contributed by atoms with Crippen LogP contribution in [0.2, 0.25) is 0 Å². The van der Waals surface area contributed by atoms with Gasteiger partial charge in [-0.15, -0.1) is 0 Å². The molecule has 59 heavy (non-hydrogen) atoms. The lowest BCUT2D eigenvalue weighted by Crippen LogP contribution is -2.20. The summed E-state index contributed by atoms with van der Waals surface area (Å²) in [6, 6.07) is 10.2.